The van der Waals surface area contributed by atoms with Gasteiger partial charge in [-0.15, -0.1) is 0 Å². The standard InChI is InChI=1S/C19H14Cl2/c1-13-2-11-18(14-3-7-16(20)8-4-14)19(12-13)15-5-9-17(21)10-6-15/h2-12H,1H3. The van der Waals surface area contributed by atoms with E-state index in [0.29, 0.717) is 0 Å². The molecule has 0 amide bonds. The first kappa shape index (κ1) is 14.2. The quantitative estimate of drug-likeness (QED) is 0.497. The van der Waals surface area contributed by atoms with Crippen LogP contribution in [0.1, 0.15) is 5.56 Å². The summed E-state index contributed by atoms with van der Waals surface area (Å²) in [6, 6.07) is 22.4. The second-order valence-electron chi connectivity index (χ2n) is 5.06. The lowest BCUT2D eigenvalue weighted by molar-refractivity contribution is 1.46. The van der Waals surface area contributed by atoms with Crippen LogP contribution in [0.2, 0.25) is 10.0 Å². The number of rotatable bonds is 2. The molecule has 3 aromatic rings. The third-order valence-corrected chi connectivity index (χ3v) is 3.99. The van der Waals surface area contributed by atoms with E-state index in [1.165, 1.54) is 16.7 Å². The summed E-state index contributed by atoms with van der Waals surface area (Å²) in [5, 5.41) is 1.50. The maximum absolute atomic E-state index is 5.99. The van der Waals surface area contributed by atoms with Crippen molar-refractivity contribution in [1.82, 2.24) is 0 Å². The largest absolute Gasteiger partial charge is 0.0843 e. The Kier molecular flexibility index (Phi) is 4.01. The molecule has 0 N–H and O–H groups in total. The third kappa shape index (κ3) is 3.12. The second-order valence-corrected chi connectivity index (χ2v) is 5.94. The summed E-state index contributed by atoms with van der Waals surface area (Å²) in [7, 11) is 0. The average molecular weight is 313 g/mol. The minimum absolute atomic E-state index is 0.749. The van der Waals surface area contributed by atoms with Crippen LogP contribution in [0.5, 0.6) is 0 Å². The van der Waals surface area contributed by atoms with Crippen molar-refractivity contribution in [3.63, 3.8) is 0 Å². The molecular formula is C19H14Cl2. The van der Waals surface area contributed by atoms with Gasteiger partial charge in [-0.3, -0.25) is 0 Å². The summed E-state index contributed by atoms with van der Waals surface area (Å²) < 4.78 is 0. The Morgan fingerprint density at radius 2 is 1.05 bits per heavy atom. The predicted molar refractivity (Wildman–Crippen MR) is 92.1 cm³/mol. The molecule has 3 rings (SSSR count). The fourth-order valence-corrected chi connectivity index (χ4v) is 2.66. The van der Waals surface area contributed by atoms with Gasteiger partial charge in [0.2, 0.25) is 0 Å². The fraction of sp³-hybridized carbons (Fsp3) is 0.0526. The summed E-state index contributed by atoms with van der Waals surface area (Å²) in [6.07, 6.45) is 0. The molecule has 0 fully saturated rings. The summed E-state index contributed by atoms with van der Waals surface area (Å²) in [4.78, 5) is 0. The Balaban J connectivity index is 2.17. The monoisotopic (exact) mass is 312 g/mol. The van der Waals surface area contributed by atoms with Crippen molar-refractivity contribution in [3.8, 4) is 22.3 Å². The molecule has 0 aliphatic heterocycles. The van der Waals surface area contributed by atoms with Gasteiger partial charge >= 0.3 is 0 Å². The van der Waals surface area contributed by atoms with Gasteiger partial charge in [0.05, 0.1) is 0 Å². The number of halogens is 2. The first-order chi connectivity index (χ1) is 10.1. The van der Waals surface area contributed by atoms with Crippen molar-refractivity contribution in [2.45, 2.75) is 6.92 Å². The highest BCUT2D eigenvalue weighted by atomic mass is 35.5. The van der Waals surface area contributed by atoms with E-state index in [4.69, 9.17) is 23.2 Å². The van der Waals surface area contributed by atoms with Gasteiger partial charge < -0.3 is 0 Å². The van der Waals surface area contributed by atoms with E-state index in [9.17, 15) is 0 Å². The summed E-state index contributed by atoms with van der Waals surface area (Å²) in [5.41, 5.74) is 5.95. The van der Waals surface area contributed by atoms with Crippen LogP contribution >= 0.6 is 23.2 Å². The van der Waals surface area contributed by atoms with Gasteiger partial charge in [0.15, 0.2) is 0 Å². The molecule has 0 aliphatic carbocycles. The molecule has 0 nitrogen and oxygen atoms in total. The maximum atomic E-state index is 5.99. The molecule has 0 unspecified atom stereocenters. The van der Waals surface area contributed by atoms with Crippen molar-refractivity contribution in [1.29, 1.82) is 0 Å². The molecule has 0 heterocycles. The third-order valence-electron chi connectivity index (χ3n) is 3.49. The second kappa shape index (κ2) is 5.93. The Bertz CT molecular complexity index is 757. The molecule has 3 aromatic carbocycles. The summed E-state index contributed by atoms with van der Waals surface area (Å²) >= 11 is 12.0. The van der Waals surface area contributed by atoms with Crippen LogP contribution in [0.15, 0.2) is 66.7 Å². The molecule has 0 aliphatic rings. The van der Waals surface area contributed by atoms with Gasteiger partial charge in [0.25, 0.3) is 0 Å². The van der Waals surface area contributed by atoms with E-state index in [0.717, 1.165) is 21.2 Å². The topological polar surface area (TPSA) is 0 Å². The Hall–Kier alpha value is -1.76. The summed E-state index contributed by atoms with van der Waals surface area (Å²) in [6.45, 7) is 2.10. The van der Waals surface area contributed by atoms with E-state index in [1.54, 1.807) is 0 Å². The highest BCUT2D eigenvalue weighted by molar-refractivity contribution is 6.31. The first-order valence-corrected chi connectivity index (χ1v) is 7.51. The predicted octanol–water partition coefficient (Wildman–Crippen LogP) is 6.64. The number of hydrogen-bond donors (Lipinski definition) is 0. The zero-order valence-corrected chi connectivity index (χ0v) is 13.1. The Morgan fingerprint density at radius 1 is 0.571 bits per heavy atom. The molecule has 0 saturated heterocycles. The van der Waals surface area contributed by atoms with Gasteiger partial charge in [-0.25, -0.2) is 0 Å². The van der Waals surface area contributed by atoms with Crippen LogP contribution in [0.25, 0.3) is 22.3 Å². The molecular weight excluding hydrogens is 299 g/mol. The SMILES string of the molecule is Cc1ccc(-c2ccc(Cl)cc2)c(-c2ccc(Cl)cc2)c1. The van der Waals surface area contributed by atoms with Crippen LogP contribution in [0.4, 0.5) is 0 Å². The first-order valence-electron chi connectivity index (χ1n) is 6.76. The lowest BCUT2D eigenvalue weighted by Crippen LogP contribution is -1.86. The van der Waals surface area contributed by atoms with Crippen LogP contribution in [0.3, 0.4) is 0 Å². The molecule has 0 atom stereocenters. The molecule has 21 heavy (non-hydrogen) atoms. The number of benzene rings is 3. The van der Waals surface area contributed by atoms with Gasteiger partial charge in [0.1, 0.15) is 0 Å². The molecule has 0 saturated carbocycles. The lowest BCUT2D eigenvalue weighted by atomic mass is 9.93. The number of hydrogen-bond acceptors (Lipinski definition) is 0. The van der Waals surface area contributed by atoms with Gasteiger partial charge in [0, 0.05) is 10.0 Å². The average Bonchev–Trinajstić information content (AvgIpc) is 2.49. The Morgan fingerprint density at radius 3 is 1.57 bits per heavy atom. The molecule has 0 radical (unpaired) electrons. The molecule has 0 aromatic heterocycles. The zero-order chi connectivity index (χ0) is 14.8. The normalized spacial score (nSPS) is 10.6. The van der Waals surface area contributed by atoms with Gasteiger partial charge in [-0.05, 0) is 53.4 Å². The van der Waals surface area contributed by atoms with Gasteiger partial charge in [-0.2, -0.15) is 0 Å². The minimum atomic E-state index is 0.749. The van der Waals surface area contributed by atoms with E-state index in [2.05, 4.69) is 37.3 Å². The van der Waals surface area contributed by atoms with Crippen LogP contribution < -0.4 is 0 Å². The fourth-order valence-electron chi connectivity index (χ4n) is 2.41. The highest BCUT2D eigenvalue weighted by Gasteiger charge is 2.08. The molecule has 0 bridgehead atoms. The Labute approximate surface area is 135 Å². The smallest absolute Gasteiger partial charge is 0.0406 e. The van der Waals surface area contributed by atoms with E-state index in [1.807, 2.05) is 36.4 Å². The van der Waals surface area contributed by atoms with E-state index >= 15 is 0 Å². The number of aryl methyl sites for hydroxylation is 1. The van der Waals surface area contributed by atoms with E-state index < -0.39 is 0 Å². The van der Waals surface area contributed by atoms with Crippen LogP contribution in [0, 0.1) is 6.92 Å². The van der Waals surface area contributed by atoms with E-state index in [-0.39, 0.29) is 0 Å². The van der Waals surface area contributed by atoms with Crippen LogP contribution in [-0.2, 0) is 0 Å². The van der Waals surface area contributed by atoms with Gasteiger partial charge in [-0.1, -0.05) is 71.2 Å². The zero-order valence-electron chi connectivity index (χ0n) is 11.6. The lowest BCUT2D eigenvalue weighted by Gasteiger charge is -2.12. The summed E-state index contributed by atoms with van der Waals surface area (Å²) in [5.74, 6) is 0. The molecule has 0 spiro atoms. The van der Waals surface area contributed by atoms with Crippen molar-refractivity contribution in [2.24, 2.45) is 0 Å². The van der Waals surface area contributed by atoms with Crippen molar-refractivity contribution in [3.05, 3.63) is 82.3 Å². The molecule has 104 valence electrons. The van der Waals surface area contributed by atoms with Crippen molar-refractivity contribution < 1.29 is 0 Å². The molecule has 2 heteroatoms. The highest BCUT2D eigenvalue weighted by Crippen LogP contribution is 2.34. The van der Waals surface area contributed by atoms with Crippen LogP contribution in [-0.4, -0.2) is 0 Å². The van der Waals surface area contributed by atoms with Crippen molar-refractivity contribution in [2.75, 3.05) is 0 Å². The maximum Gasteiger partial charge on any atom is 0.0406 e. The minimum Gasteiger partial charge on any atom is -0.0843 e. The van der Waals surface area contributed by atoms with Crippen molar-refractivity contribution >= 4 is 23.2 Å².